The van der Waals surface area contributed by atoms with Crippen LogP contribution in [0.1, 0.15) is 40.6 Å². The number of aromatic nitrogens is 2. The molecule has 2 aromatic rings. The molecule has 6 nitrogen and oxygen atoms in total. The summed E-state index contributed by atoms with van der Waals surface area (Å²) in [5, 5.41) is 3.08. The predicted octanol–water partition coefficient (Wildman–Crippen LogP) is 3.65. The quantitative estimate of drug-likeness (QED) is 0.766. The third-order valence-electron chi connectivity index (χ3n) is 5.04. The summed E-state index contributed by atoms with van der Waals surface area (Å²) in [6, 6.07) is 4.63. The van der Waals surface area contributed by atoms with E-state index in [4.69, 9.17) is 16.3 Å². The van der Waals surface area contributed by atoms with Crippen LogP contribution in [0.4, 0.5) is 8.78 Å². The van der Waals surface area contributed by atoms with Gasteiger partial charge in [-0.3, -0.25) is 9.69 Å². The van der Waals surface area contributed by atoms with Gasteiger partial charge in [0.2, 0.25) is 0 Å². The van der Waals surface area contributed by atoms with Crippen LogP contribution in [0.3, 0.4) is 0 Å². The molecule has 1 saturated heterocycles. The summed E-state index contributed by atoms with van der Waals surface area (Å²) in [5.41, 5.74) is 1.05. The van der Waals surface area contributed by atoms with Crippen LogP contribution >= 0.6 is 11.6 Å². The number of hydrogen-bond donors (Lipinski definition) is 1. The van der Waals surface area contributed by atoms with Crippen molar-refractivity contribution in [3.63, 3.8) is 0 Å². The van der Waals surface area contributed by atoms with Gasteiger partial charge in [-0.1, -0.05) is 17.7 Å². The van der Waals surface area contributed by atoms with E-state index in [1.165, 1.54) is 7.11 Å². The smallest absolute Gasteiger partial charge is 0.253 e. The average molecular weight is 425 g/mol. The Bertz CT molecular complexity index is 854. The summed E-state index contributed by atoms with van der Waals surface area (Å²) in [4.78, 5) is 23.0. The summed E-state index contributed by atoms with van der Waals surface area (Å²) in [5.74, 6) is -2.00. The van der Waals surface area contributed by atoms with E-state index in [0.717, 1.165) is 5.56 Å². The van der Waals surface area contributed by atoms with Crippen molar-refractivity contribution < 1.29 is 18.3 Å². The molecule has 1 aromatic carbocycles. The first-order valence-electron chi connectivity index (χ1n) is 9.32. The number of halogens is 3. The van der Waals surface area contributed by atoms with Crippen LogP contribution < -0.4 is 10.1 Å². The Morgan fingerprint density at radius 2 is 1.97 bits per heavy atom. The van der Waals surface area contributed by atoms with Crippen molar-refractivity contribution in [2.24, 2.45) is 0 Å². The van der Waals surface area contributed by atoms with E-state index in [9.17, 15) is 13.6 Å². The Morgan fingerprint density at radius 3 is 2.59 bits per heavy atom. The van der Waals surface area contributed by atoms with Gasteiger partial charge >= 0.3 is 0 Å². The third-order valence-corrected chi connectivity index (χ3v) is 5.43. The van der Waals surface area contributed by atoms with Crippen molar-refractivity contribution in [3.8, 4) is 5.75 Å². The number of nitrogens with one attached hydrogen (secondary N) is 1. The first kappa shape index (κ1) is 21.4. The van der Waals surface area contributed by atoms with Gasteiger partial charge in [0.25, 0.3) is 11.8 Å². The number of methoxy groups -OCH3 is 1. The maximum Gasteiger partial charge on any atom is 0.253 e. The number of nitrogens with zero attached hydrogens (tertiary/aromatic N) is 3. The molecule has 0 spiro atoms. The van der Waals surface area contributed by atoms with E-state index in [0.29, 0.717) is 11.6 Å². The first-order valence-corrected chi connectivity index (χ1v) is 9.69. The Balaban J connectivity index is 1.77. The minimum atomic E-state index is -2.65. The molecule has 1 amide bonds. The Hall–Kier alpha value is -2.32. The maximum atomic E-state index is 13.6. The number of ether oxygens (including phenoxy) is 1. The highest BCUT2D eigenvalue weighted by Crippen LogP contribution is 2.32. The molecule has 0 bridgehead atoms. The number of rotatable bonds is 6. The molecule has 2 heterocycles. The lowest BCUT2D eigenvalue weighted by atomic mass is 10.0. The molecule has 0 aliphatic carbocycles. The predicted molar refractivity (Wildman–Crippen MR) is 106 cm³/mol. The van der Waals surface area contributed by atoms with E-state index < -0.39 is 5.92 Å². The minimum Gasteiger partial charge on any atom is -0.495 e. The molecule has 1 atom stereocenters. The second kappa shape index (κ2) is 9.00. The van der Waals surface area contributed by atoms with Gasteiger partial charge in [0, 0.05) is 50.4 Å². The Labute approximate surface area is 173 Å². The van der Waals surface area contributed by atoms with Gasteiger partial charge in [0.1, 0.15) is 11.6 Å². The van der Waals surface area contributed by atoms with Crippen molar-refractivity contribution in [2.75, 3.05) is 26.7 Å². The van der Waals surface area contributed by atoms with Crippen molar-refractivity contribution in [3.05, 3.63) is 52.6 Å². The van der Waals surface area contributed by atoms with Crippen LogP contribution in [0.15, 0.2) is 30.6 Å². The van der Waals surface area contributed by atoms with Gasteiger partial charge in [-0.25, -0.2) is 18.7 Å². The van der Waals surface area contributed by atoms with Gasteiger partial charge in [0.15, 0.2) is 0 Å². The fourth-order valence-corrected chi connectivity index (χ4v) is 3.61. The third kappa shape index (κ3) is 5.19. The number of carbonyl (C=O) groups is 1. The topological polar surface area (TPSA) is 67.3 Å². The second-order valence-corrected chi connectivity index (χ2v) is 7.38. The fourth-order valence-electron chi connectivity index (χ4n) is 3.32. The summed E-state index contributed by atoms with van der Waals surface area (Å²) < 4.78 is 32.3. The molecular formula is C20H23ClF2N4O2. The molecule has 1 aliphatic heterocycles. The molecule has 0 saturated carbocycles. The lowest BCUT2D eigenvalue weighted by molar-refractivity contribution is -0.0632. The number of piperidine rings is 1. The largest absolute Gasteiger partial charge is 0.495 e. The van der Waals surface area contributed by atoms with Gasteiger partial charge in [0.05, 0.1) is 23.7 Å². The molecule has 156 valence electrons. The normalized spacial score (nSPS) is 17.6. The lowest BCUT2D eigenvalue weighted by Gasteiger charge is -2.37. The summed E-state index contributed by atoms with van der Waals surface area (Å²) in [7, 11) is 1.47. The van der Waals surface area contributed by atoms with Crippen LogP contribution in [0.25, 0.3) is 0 Å². The van der Waals surface area contributed by atoms with E-state index in [2.05, 4.69) is 15.3 Å². The van der Waals surface area contributed by atoms with Gasteiger partial charge < -0.3 is 10.1 Å². The molecule has 0 radical (unpaired) electrons. The minimum absolute atomic E-state index is 0.213. The van der Waals surface area contributed by atoms with Crippen LogP contribution in [0.5, 0.6) is 5.75 Å². The second-order valence-electron chi connectivity index (χ2n) is 7.00. The first-order chi connectivity index (χ1) is 13.8. The summed E-state index contributed by atoms with van der Waals surface area (Å²) in [6.45, 7) is 2.43. The maximum absolute atomic E-state index is 13.6. The molecule has 9 heteroatoms. The SMILES string of the molecule is COc1cccc(C(=O)NCC(c2cnc(C)nc2)N2CCC(F)(F)CC2)c1Cl. The average Bonchev–Trinajstić information content (AvgIpc) is 2.70. The van der Waals surface area contributed by atoms with Gasteiger partial charge in [-0.2, -0.15) is 0 Å². The number of benzene rings is 1. The molecule has 1 aliphatic rings. The van der Waals surface area contributed by atoms with E-state index in [1.54, 1.807) is 37.5 Å². The highest BCUT2D eigenvalue weighted by Gasteiger charge is 2.36. The zero-order valence-electron chi connectivity index (χ0n) is 16.3. The highest BCUT2D eigenvalue weighted by molar-refractivity contribution is 6.35. The molecule has 1 N–H and O–H groups in total. The molecule has 3 rings (SSSR count). The van der Waals surface area contributed by atoms with E-state index >= 15 is 0 Å². The monoisotopic (exact) mass is 424 g/mol. The lowest BCUT2D eigenvalue weighted by Crippen LogP contribution is -2.45. The highest BCUT2D eigenvalue weighted by atomic mass is 35.5. The van der Waals surface area contributed by atoms with E-state index in [-0.39, 0.29) is 55.0 Å². The number of amides is 1. The van der Waals surface area contributed by atoms with Crippen molar-refractivity contribution in [1.82, 2.24) is 20.2 Å². The van der Waals surface area contributed by atoms with Crippen molar-refractivity contribution in [2.45, 2.75) is 31.7 Å². The number of likely N-dealkylation sites (tertiary alicyclic amines) is 1. The van der Waals surface area contributed by atoms with Crippen molar-refractivity contribution in [1.29, 1.82) is 0 Å². The number of carbonyl (C=O) groups excluding carboxylic acids is 1. The Kier molecular flexibility index (Phi) is 6.64. The zero-order valence-corrected chi connectivity index (χ0v) is 17.0. The number of alkyl halides is 2. The molecule has 1 unspecified atom stereocenters. The van der Waals surface area contributed by atoms with Crippen molar-refractivity contribution >= 4 is 17.5 Å². The van der Waals surface area contributed by atoms with Gasteiger partial charge in [-0.05, 0) is 19.1 Å². The molecular weight excluding hydrogens is 402 g/mol. The standard InChI is InChI=1S/C20H23ClF2N4O2/c1-13-24-10-14(11-25-13)16(27-8-6-20(22,23)7-9-27)12-26-19(28)15-4-3-5-17(29-2)18(15)21/h3-5,10-11,16H,6-9,12H2,1-2H3,(H,26,28). The van der Waals surface area contributed by atoms with Crippen LogP contribution in [-0.2, 0) is 0 Å². The number of aryl methyl sites for hydroxylation is 1. The summed E-state index contributed by atoms with van der Waals surface area (Å²) >= 11 is 6.23. The van der Waals surface area contributed by atoms with Crippen LogP contribution in [0.2, 0.25) is 5.02 Å². The van der Waals surface area contributed by atoms with E-state index in [1.807, 2.05) is 4.90 Å². The zero-order chi connectivity index (χ0) is 21.0. The van der Waals surface area contributed by atoms with Gasteiger partial charge in [-0.15, -0.1) is 0 Å². The Morgan fingerprint density at radius 1 is 1.31 bits per heavy atom. The number of hydrogen-bond acceptors (Lipinski definition) is 5. The fraction of sp³-hybridized carbons (Fsp3) is 0.450. The molecule has 1 aromatic heterocycles. The summed E-state index contributed by atoms with van der Waals surface area (Å²) in [6.07, 6.45) is 2.91. The van der Waals surface area contributed by atoms with Crippen LogP contribution in [0, 0.1) is 6.92 Å². The van der Waals surface area contributed by atoms with Crippen LogP contribution in [-0.4, -0.2) is 53.4 Å². The molecule has 1 fully saturated rings. The molecule has 29 heavy (non-hydrogen) atoms.